The fourth-order valence-corrected chi connectivity index (χ4v) is 1.88. The van der Waals surface area contributed by atoms with E-state index in [-0.39, 0.29) is 11.9 Å². The number of methoxy groups -OCH3 is 1. The third-order valence-electron chi connectivity index (χ3n) is 3.05. The smallest absolute Gasteiger partial charge is 0.162 e. The maximum absolute atomic E-state index is 11.4. The van der Waals surface area contributed by atoms with Gasteiger partial charge in [-0.05, 0) is 49.7 Å². The van der Waals surface area contributed by atoms with Crippen LogP contribution in [0.1, 0.15) is 35.9 Å². The molecule has 0 radical (unpaired) electrons. The van der Waals surface area contributed by atoms with Crippen LogP contribution in [0.2, 0.25) is 0 Å². The molecule has 1 aromatic heterocycles. The third-order valence-corrected chi connectivity index (χ3v) is 3.05. The Morgan fingerprint density at radius 3 is 2.45 bits per heavy atom. The van der Waals surface area contributed by atoms with E-state index in [4.69, 9.17) is 9.47 Å². The van der Waals surface area contributed by atoms with E-state index >= 15 is 0 Å². The van der Waals surface area contributed by atoms with Gasteiger partial charge in [0, 0.05) is 18.0 Å². The van der Waals surface area contributed by atoms with Crippen molar-refractivity contribution in [2.24, 2.45) is 0 Å². The van der Waals surface area contributed by atoms with Gasteiger partial charge < -0.3 is 9.47 Å². The molecule has 4 nitrogen and oxygen atoms in total. The van der Waals surface area contributed by atoms with Gasteiger partial charge in [-0.3, -0.25) is 9.78 Å². The zero-order valence-electron chi connectivity index (χ0n) is 11.8. The van der Waals surface area contributed by atoms with Crippen molar-refractivity contribution in [2.75, 3.05) is 7.11 Å². The van der Waals surface area contributed by atoms with Crippen molar-refractivity contribution in [3.63, 3.8) is 0 Å². The number of ether oxygens (including phenoxy) is 2. The minimum atomic E-state index is -0.158. The van der Waals surface area contributed by atoms with Crippen LogP contribution >= 0.6 is 0 Å². The monoisotopic (exact) mass is 271 g/mol. The summed E-state index contributed by atoms with van der Waals surface area (Å²) in [5.41, 5.74) is 1.61. The summed E-state index contributed by atoms with van der Waals surface area (Å²) in [6.45, 7) is 3.47. The molecule has 104 valence electrons. The summed E-state index contributed by atoms with van der Waals surface area (Å²) in [5.74, 6) is 1.16. The van der Waals surface area contributed by atoms with Crippen LogP contribution in [0.25, 0.3) is 0 Å². The third kappa shape index (κ3) is 3.15. The first-order valence-electron chi connectivity index (χ1n) is 6.37. The number of carbonyl (C=O) groups is 1. The van der Waals surface area contributed by atoms with Crippen molar-refractivity contribution in [1.82, 2.24) is 4.98 Å². The maximum atomic E-state index is 11.4. The predicted molar refractivity (Wildman–Crippen MR) is 76.3 cm³/mol. The first-order chi connectivity index (χ1) is 9.61. The van der Waals surface area contributed by atoms with Gasteiger partial charge in [0.25, 0.3) is 0 Å². The molecule has 2 aromatic rings. The summed E-state index contributed by atoms with van der Waals surface area (Å²) in [6.07, 6.45) is 3.28. The zero-order chi connectivity index (χ0) is 14.5. The zero-order valence-corrected chi connectivity index (χ0v) is 11.8. The Kier molecular flexibility index (Phi) is 4.35. The second-order valence-corrected chi connectivity index (χ2v) is 4.46. The molecule has 2 rings (SSSR count). The Morgan fingerprint density at radius 1 is 1.15 bits per heavy atom. The van der Waals surface area contributed by atoms with Gasteiger partial charge in [0.1, 0.15) is 6.10 Å². The fourth-order valence-electron chi connectivity index (χ4n) is 1.88. The van der Waals surface area contributed by atoms with Gasteiger partial charge in [-0.1, -0.05) is 0 Å². The first kappa shape index (κ1) is 14.1. The number of nitrogens with zero attached hydrogens (tertiary/aromatic N) is 1. The molecule has 1 aromatic carbocycles. The highest BCUT2D eigenvalue weighted by molar-refractivity contribution is 5.94. The second-order valence-electron chi connectivity index (χ2n) is 4.46. The van der Waals surface area contributed by atoms with Crippen LogP contribution in [0.3, 0.4) is 0 Å². The van der Waals surface area contributed by atoms with Crippen molar-refractivity contribution in [3.8, 4) is 11.5 Å². The molecular formula is C16H17NO3. The Bertz CT molecular complexity index is 596. The number of rotatable bonds is 5. The highest BCUT2D eigenvalue weighted by Gasteiger charge is 2.13. The standard InChI is InChI=1S/C16H17NO3/c1-11(18)14-4-5-15(19-3)16(10-14)20-12(2)13-6-8-17-9-7-13/h4-10,12H,1-3H3. The number of hydrogen-bond donors (Lipinski definition) is 0. The molecule has 0 aliphatic carbocycles. The van der Waals surface area contributed by atoms with E-state index in [2.05, 4.69) is 4.98 Å². The number of ketones is 1. The summed E-state index contributed by atoms with van der Waals surface area (Å²) >= 11 is 0. The van der Waals surface area contributed by atoms with E-state index in [1.54, 1.807) is 37.7 Å². The molecule has 0 fully saturated rings. The Balaban J connectivity index is 2.27. The number of aromatic nitrogens is 1. The average Bonchev–Trinajstić information content (AvgIpc) is 2.48. The van der Waals surface area contributed by atoms with Crippen LogP contribution in [0.15, 0.2) is 42.7 Å². The number of benzene rings is 1. The number of Topliss-reactive ketones (excluding diaryl/α,β-unsaturated/α-hetero) is 1. The van der Waals surface area contributed by atoms with Crippen LogP contribution in [0.5, 0.6) is 11.5 Å². The molecule has 0 amide bonds. The van der Waals surface area contributed by atoms with Gasteiger partial charge in [-0.15, -0.1) is 0 Å². The minimum absolute atomic E-state index is 0.00549. The van der Waals surface area contributed by atoms with Crippen molar-refractivity contribution >= 4 is 5.78 Å². The molecule has 0 aliphatic rings. The molecule has 0 bridgehead atoms. The van der Waals surface area contributed by atoms with E-state index in [1.165, 1.54) is 6.92 Å². The van der Waals surface area contributed by atoms with Crippen LogP contribution in [-0.2, 0) is 0 Å². The lowest BCUT2D eigenvalue weighted by molar-refractivity contribution is 0.101. The molecular weight excluding hydrogens is 254 g/mol. The van der Waals surface area contributed by atoms with Crippen molar-refractivity contribution in [1.29, 1.82) is 0 Å². The van der Waals surface area contributed by atoms with Crippen molar-refractivity contribution in [2.45, 2.75) is 20.0 Å². The second kappa shape index (κ2) is 6.19. The molecule has 4 heteroatoms. The minimum Gasteiger partial charge on any atom is -0.493 e. The van der Waals surface area contributed by atoms with Gasteiger partial charge in [0.2, 0.25) is 0 Å². The molecule has 1 heterocycles. The highest BCUT2D eigenvalue weighted by Crippen LogP contribution is 2.32. The Hall–Kier alpha value is -2.36. The molecule has 1 unspecified atom stereocenters. The molecule has 1 atom stereocenters. The van der Waals surface area contributed by atoms with Gasteiger partial charge in [0.15, 0.2) is 17.3 Å². The van der Waals surface area contributed by atoms with E-state index in [0.717, 1.165) is 5.56 Å². The lowest BCUT2D eigenvalue weighted by atomic mass is 10.1. The predicted octanol–water partition coefficient (Wildman–Crippen LogP) is 3.43. The van der Waals surface area contributed by atoms with Crippen LogP contribution in [0, 0.1) is 0 Å². The summed E-state index contributed by atoms with van der Waals surface area (Å²) in [5, 5.41) is 0. The molecule has 0 aliphatic heterocycles. The summed E-state index contributed by atoms with van der Waals surface area (Å²) in [6, 6.07) is 8.97. The normalized spacial score (nSPS) is 11.8. The summed E-state index contributed by atoms with van der Waals surface area (Å²) in [7, 11) is 1.58. The van der Waals surface area contributed by atoms with Gasteiger partial charge in [-0.2, -0.15) is 0 Å². The topological polar surface area (TPSA) is 48.4 Å². The average molecular weight is 271 g/mol. The Labute approximate surface area is 118 Å². The highest BCUT2D eigenvalue weighted by atomic mass is 16.5. The largest absolute Gasteiger partial charge is 0.493 e. The van der Waals surface area contributed by atoms with Crippen LogP contribution < -0.4 is 9.47 Å². The van der Waals surface area contributed by atoms with Gasteiger partial charge in [0.05, 0.1) is 7.11 Å². The molecule has 0 saturated carbocycles. The van der Waals surface area contributed by atoms with Crippen LogP contribution in [-0.4, -0.2) is 17.9 Å². The van der Waals surface area contributed by atoms with E-state index < -0.39 is 0 Å². The van der Waals surface area contributed by atoms with Gasteiger partial charge >= 0.3 is 0 Å². The van der Waals surface area contributed by atoms with Gasteiger partial charge in [-0.25, -0.2) is 0 Å². The van der Waals surface area contributed by atoms with E-state index in [0.29, 0.717) is 17.1 Å². The molecule has 0 saturated heterocycles. The maximum Gasteiger partial charge on any atom is 0.162 e. The molecule has 0 N–H and O–H groups in total. The van der Waals surface area contributed by atoms with Crippen molar-refractivity contribution < 1.29 is 14.3 Å². The summed E-state index contributed by atoms with van der Waals surface area (Å²) in [4.78, 5) is 15.4. The number of pyridine rings is 1. The quantitative estimate of drug-likeness (QED) is 0.782. The number of hydrogen-bond acceptors (Lipinski definition) is 4. The van der Waals surface area contributed by atoms with E-state index in [1.807, 2.05) is 19.1 Å². The summed E-state index contributed by atoms with van der Waals surface area (Å²) < 4.78 is 11.2. The molecule has 0 spiro atoms. The Morgan fingerprint density at radius 2 is 1.85 bits per heavy atom. The lowest BCUT2D eigenvalue weighted by Crippen LogP contribution is -2.05. The first-order valence-corrected chi connectivity index (χ1v) is 6.37. The fraction of sp³-hybridized carbons (Fsp3) is 0.250. The van der Waals surface area contributed by atoms with Crippen molar-refractivity contribution in [3.05, 3.63) is 53.9 Å². The molecule has 20 heavy (non-hydrogen) atoms. The lowest BCUT2D eigenvalue weighted by Gasteiger charge is -2.17. The van der Waals surface area contributed by atoms with E-state index in [9.17, 15) is 4.79 Å². The number of carbonyl (C=O) groups excluding carboxylic acids is 1. The SMILES string of the molecule is COc1ccc(C(C)=O)cc1OC(C)c1ccncc1. The van der Waals surface area contributed by atoms with Crippen LogP contribution in [0.4, 0.5) is 0 Å².